The van der Waals surface area contributed by atoms with Crippen molar-refractivity contribution in [2.45, 2.75) is 0 Å². The summed E-state index contributed by atoms with van der Waals surface area (Å²) in [6, 6.07) is 6.05. The first-order valence-electron chi connectivity index (χ1n) is 7.07. The highest BCUT2D eigenvalue weighted by Crippen LogP contribution is 2.14. The van der Waals surface area contributed by atoms with E-state index >= 15 is 0 Å². The predicted molar refractivity (Wildman–Crippen MR) is 82.2 cm³/mol. The van der Waals surface area contributed by atoms with E-state index in [1.807, 2.05) is 4.90 Å². The van der Waals surface area contributed by atoms with Gasteiger partial charge >= 0.3 is 5.97 Å². The predicted octanol–water partition coefficient (Wildman–Crippen LogP) is 0.0304. The number of carboxylic acids is 1. The fourth-order valence-electron chi connectivity index (χ4n) is 2.45. The van der Waals surface area contributed by atoms with Crippen LogP contribution in [-0.4, -0.2) is 78.2 Å². The van der Waals surface area contributed by atoms with Crippen LogP contribution in [0.4, 0.5) is 0 Å². The molecule has 0 atom stereocenters. The van der Waals surface area contributed by atoms with E-state index < -0.39 is 16.1 Å². The molecule has 0 bridgehead atoms. The van der Waals surface area contributed by atoms with E-state index in [4.69, 9.17) is 9.66 Å². The summed E-state index contributed by atoms with van der Waals surface area (Å²) in [4.78, 5) is 27.0. The van der Waals surface area contributed by atoms with Crippen molar-refractivity contribution < 1.29 is 27.7 Å². The van der Waals surface area contributed by atoms with Crippen molar-refractivity contribution in [2.24, 2.45) is 0 Å². The molecule has 1 aliphatic heterocycles. The minimum Gasteiger partial charge on any atom is -0.478 e. The number of hydrogen-bond acceptors (Lipinski definition) is 5. The maximum absolute atomic E-state index is 12.5. The first-order valence-corrected chi connectivity index (χ1v) is 8.68. The average molecular weight is 342 g/mol. The Hall–Kier alpha value is -1.97. The Morgan fingerprint density at radius 1 is 1.04 bits per heavy atom. The summed E-state index contributed by atoms with van der Waals surface area (Å²) >= 11 is 0. The van der Waals surface area contributed by atoms with Gasteiger partial charge < -0.3 is 10.0 Å². The fraction of sp³-hybridized carbons (Fsp3) is 0.429. The number of aromatic carboxylic acids is 1. The minimum atomic E-state index is -4.00. The first-order chi connectivity index (χ1) is 10.8. The zero-order valence-corrected chi connectivity index (χ0v) is 13.2. The van der Waals surface area contributed by atoms with Crippen LogP contribution < -0.4 is 0 Å². The summed E-state index contributed by atoms with van der Waals surface area (Å²) < 4.78 is 30.2. The number of amides is 1. The molecule has 0 aromatic heterocycles. The molecule has 0 unspecified atom stereocenters. The molecule has 1 amide bonds. The lowest BCUT2D eigenvalue weighted by molar-refractivity contribution is 0.0621. The van der Waals surface area contributed by atoms with Gasteiger partial charge in [0, 0.05) is 32.7 Å². The molecular formula is C14H18N2O6S. The van der Waals surface area contributed by atoms with Gasteiger partial charge in [0.25, 0.3) is 16.0 Å². The molecule has 1 aliphatic rings. The molecule has 8 nitrogen and oxygen atoms in total. The molecule has 0 saturated carbocycles. The van der Waals surface area contributed by atoms with Gasteiger partial charge in [0.1, 0.15) is 0 Å². The highest BCUT2D eigenvalue weighted by molar-refractivity contribution is 7.85. The van der Waals surface area contributed by atoms with Gasteiger partial charge in [-0.3, -0.25) is 14.2 Å². The molecule has 1 saturated heterocycles. The first kappa shape index (κ1) is 17.4. The molecule has 0 spiro atoms. The molecule has 9 heteroatoms. The number of carbonyl (C=O) groups is 2. The van der Waals surface area contributed by atoms with Gasteiger partial charge in [0.15, 0.2) is 0 Å². The minimum absolute atomic E-state index is 0.0358. The van der Waals surface area contributed by atoms with Crippen LogP contribution in [-0.2, 0) is 10.1 Å². The molecule has 126 valence electrons. The third-order valence-corrected chi connectivity index (χ3v) is 4.41. The van der Waals surface area contributed by atoms with Gasteiger partial charge in [-0.25, -0.2) is 4.79 Å². The van der Waals surface area contributed by atoms with Crippen LogP contribution in [0, 0.1) is 0 Å². The highest BCUT2D eigenvalue weighted by atomic mass is 32.2. The Labute approximate surface area is 134 Å². The third-order valence-electron chi connectivity index (χ3n) is 3.71. The van der Waals surface area contributed by atoms with Crippen molar-refractivity contribution in [2.75, 3.05) is 38.5 Å². The van der Waals surface area contributed by atoms with Gasteiger partial charge in [-0.1, -0.05) is 12.1 Å². The van der Waals surface area contributed by atoms with E-state index in [2.05, 4.69) is 0 Å². The van der Waals surface area contributed by atoms with Crippen molar-refractivity contribution in [1.82, 2.24) is 9.80 Å². The van der Waals surface area contributed by atoms with Crippen LogP contribution in [0.25, 0.3) is 0 Å². The molecule has 23 heavy (non-hydrogen) atoms. The van der Waals surface area contributed by atoms with E-state index in [1.54, 1.807) is 17.0 Å². The van der Waals surface area contributed by atoms with Crippen LogP contribution in [0.5, 0.6) is 0 Å². The number of hydrogen-bond donors (Lipinski definition) is 2. The second-order valence-corrected chi connectivity index (χ2v) is 6.84. The molecule has 1 aromatic rings. The number of rotatable bonds is 5. The lowest BCUT2D eigenvalue weighted by Gasteiger charge is -2.34. The van der Waals surface area contributed by atoms with E-state index in [0.717, 1.165) is 0 Å². The van der Waals surface area contributed by atoms with Gasteiger partial charge in [0.05, 0.1) is 16.9 Å². The summed E-state index contributed by atoms with van der Waals surface area (Å²) in [7, 11) is -4.00. The summed E-state index contributed by atoms with van der Waals surface area (Å²) in [5, 5.41) is 9.14. The summed E-state index contributed by atoms with van der Waals surface area (Å²) in [5.74, 6) is -1.85. The number of carbonyl (C=O) groups excluding carboxylic acids is 1. The fourth-order valence-corrected chi connectivity index (χ4v) is 2.93. The largest absolute Gasteiger partial charge is 0.478 e. The van der Waals surface area contributed by atoms with Crippen molar-refractivity contribution in [1.29, 1.82) is 0 Å². The second kappa shape index (κ2) is 7.07. The van der Waals surface area contributed by atoms with E-state index in [0.29, 0.717) is 26.2 Å². The van der Waals surface area contributed by atoms with Gasteiger partial charge in [-0.05, 0) is 12.1 Å². The number of piperazine rings is 1. The Morgan fingerprint density at radius 3 is 2.13 bits per heavy atom. The van der Waals surface area contributed by atoms with E-state index in [9.17, 15) is 18.0 Å². The zero-order chi connectivity index (χ0) is 17.0. The molecule has 1 fully saturated rings. The molecule has 0 radical (unpaired) electrons. The van der Waals surface area contributed by atoms with Crippen LogP contribution >= 0.6 is 0 Å². The molecular weight excluding hydrogens is 324 g/mol. The third kappa shape index (κ3) is 4.75. The molecule has 0 aliphatic carbocycles. The van der Waals surface area contributed by atoms with Crippen molar-refractivity contribution in [3.63, 3.8) is 0 Å². The van der Waals surface area contributed by atoms with Crippen LogP contribution in [0.3, 0.4) is 0 Å². The quantitative estimate of drug-likeness (QED) is 0.725. The normalized spacial score (nSPS) is 16.3. The maximum atomic E-state index is 12.5. The number of carboxylic acid groups (broad SMARTS) is 1. The second-order valence-electron chi connectivity index (χ2n) is 5.27. The van der Waals surface area contributed by atoms with E-state index in [1.165, 1.54) is 12.1 Å². The lowest BCUT2D eigenvalue weighted by atomic mass is 10.1. The number of nitrogens with zero attached hydrogens (tertiary/aromatic N) is 2. The lowest BCUT2D eigenvalue weighted by Crippen LogP contribution is -2.49. The van der Waals surface area contributed by atoms with E-state index in [-0.39, 0.29) is 29.3 Å². The zero-order valence-electron chi connectivity index (χ0n) is 12.4. The standard InChI is InChI=1S/C14H18N2O6S/c17-13(11-3-1-2-4-12(11)14(18)19)16-7-5-15(6-8-16)9-10-23(20,21)22/h1-4H,5-10H2,(H,18,19)(H,20,21,22). The molecule has 1 aromatic carbocycles. The van der Waals surface area contributed by atoms with Crippen LogP contribution in [0.15, 0.2) is 24.3 Å². The smallest absolute Gasteiger partial charge is 0.336 e. The Balaban J connectivity index is 1.98. The van der Waals surface area contributed by atoms with Crippen molar-refractivity contribution in [3.05, 3.63) is 35.4 Å². The Kier molecular flexibility index (Phi) is 5.34. The maximum Gasteiger partial charge on any atom is 0.336 e. The highest BCUT2D eigenvalue weighted by Gasteiger charge is 2.25. The summed E-state index contributed by atoms with van der Waals surface area (Å²) in [6.07, 6.45) is 0. The summed E-state index contributed by atoms with van der Waals surface area (Å²) in [6.45, 7) is 1.89. The molecule has 1 heterocycles. The van der Waals surface area contributed by atoms with Gasteiger partial charge in [-0.15, -0.1) is 0 Å². The molecule has 2 N–H and O–H groups in total. The number of benzene rings is 1. The van der Waals surface area contributed by atoms with Crippen molar-refractivity contribution >= 4 is 22.0 Å². The van der Waals surface area contributed by atoms with Crippen LogP contribution in [0.1, 0.15) is 20.7 Å². The Morgan fingerprint density at radius 2 is 1.61 bits per heavy atom. The summed E-state index contributed by atoms with van der Waals surface area (Å²) in [5.41, 5.74) is 0.109. The van der Waals surface area contributed by atoms with Gasteiger partial charge in [-0.2, -0.15) is 8.42 Å². The SMILES string of the molecule is O=C(O)c1ccccc1C(=O)N1CCN(CCS(=O)(=O)O)CC1. The topological polar surface area (TPSA) is 115 Å². The Bertz CT molecular complexity index is 695. The van der Waals surface area contributed by atoms with Crippen LogP contribution in [0.2, 0.25) is 0 Å². The van der Waals surface area contributed by atoms with Crippen molar-refractivity contribution in [3.8, 4) is 0 Å². The monoisotopic (exact) mass is 342 g/mol. The molecule has 2 rings (SSSR count). The average Bonchev–Trinajstić information content (AvgIpc) is 2.52. The van der Waals surface area contributed by atoms with Gasteiger partial charge in [0.2, 0.25) is 0 Å².